The van der Waals surface area contributed by atoms with Crippen molar-refractivity contribution in [2.75, 3.05) is 27.3 Å². The van der Waals surface area contributed by atoms with E-state index >= 15 is 0 Å². The van der Waals surface area contributed by atoms with Crippen molar-refractivity contribution >= 4 is 0 Å². The van der Waals surface area contributed by atoms with Gasteiger partial charge < -0.3 is 14.7 Å². The lowest BCUT2D eigenvalue weighted by Gasteiger charge is -2.21. The Balaban J connectivity index is 0.000000791. The van der Waals surface area contributed by atoms with E-state index in [1.54, 1.807) is 7.11 Å². The van der Waals surface area contributed by atoms with Gasteiger partial charge in [0.1, 0.15) is 0 Å². The molecule has 0 amide bonds. The van der Waals surface area contributed by atoms with Crippen LogP contribution in [0, 0.1) is 0 Å². The molecule has 3 heteroatoms. The van der Waals surface area contributed by atoms with Gasteiger partial charge in [0.15, 0.2) is 0 Å². The summed E-state index contributed by atoms with van der Waals surface area (Å²) in [4.78, 5) is 2.32. The van der Waals surface area contributed by atoms with Crippen LogP contribution in [0.15, 0.2) is 0 Å². The van der Waals surface area contributed by atoms with Crippen LogP contribution in [0.2, 0.25) is 0 Å². The van der Waals surface area contributed by atoms with Crippen molar-refractivity contribution in [3.05, 3.63) is 0 Å². The maximum atomic E-state index is 9.48. The molecule has 0 bridgehead atoms. The van der Waals surface area contributed by atoms with Gasteiger partial charge in [-0.2, -0.15) is 0 Å². The fourth-order valence-corrected chi connectivity index (χ4v) is 1.85. The summed E-state index contributed by atoms with van der Waals surface area (Å²) in [5, 5.41) is 9.48. The predicted molar refractivity (Wildman–Crippen MR) is 59.5 cm³/mol. The Morgan fingerprint density at radius 3 is 2.57 bits per heavy atom. The number of aliphatic hydroxyl groups excluding tert-OH is 1. The van der Waals surface area contributed by atoms with E-state index in [0.29, 0.717) is 12.6 Å². The van der Waals surface area contributed by atoms with E-state index in [2.05, 4.69) is 11.9 Å². The summed E-state index contributed by atoms with van der Waals surface area (Å²) in [7, 11) is 3.75. The fourth-order valence-electron chi connectivity index (χ4n) is 1.85. The van der Waals surface area contributed by atoms with Crippen molar-refractivity contribution < 1.29 is 9.84 Å². The molecule has 1 rings (SSSR count). The molecule has 0 aliphatic carbocycles. The lowest BCUT2D eigenvalue weighted by molar-refractivity contribution is 0.0448. The van der Waals surface area contributed by atoms with E-state index in [1.165, 1.54) is 19.4 Å². The molecule has 2 unspecified atom stereocenters. The van der Waals surface area contributed by atoms with Crippen molar-refractivity contribution in [2.24, 2.45) is 0 Å². The third kappa shape index (κ3) is 4.94. The van der Waals surface area contributed by atoms with Crippen LogP contribution in [-0.4, -0.2) is 49.5 Å². The molecule has 14 heavy (non-hydrogen) atoms. The lowest BCUT2D eigenvalue weighted by Crippen LogP contribution is -2.30. The highest BCUT2D eigenvalue weighted by Gasteiger charge is 2.23. The monoisotopic (exact) mass is 203 g/mol. The van der Waals surface area contributed by atoms with Gasteiger partial charge in [-0.05, 0) is 32.9 Å². The largest absolute Gasteiger partial charge is 0.391 e. The van der Waals surface area contributed by atoms with Crippen LogP contribution in [0.3, 0.4) is 0 Å². The maximum Gasteiger partial charge on any atom is 0.0788 e. The van der Waals surface area contributed by atoms with Crippen molar-refractivity contribution in [1.82, 2.24) is 4.90 Å². The molecule has 0 aromatic heterocycles. The van der Waals surface area contributed by atoms with Crippen LogP contribution < -0.4 is 0 Å². The minimum Gasteiger partial charge on any atom is -0.391 e. The number of nitrogens with zero attached hydrogens (tertiary/aromatic N) is 1. The van der Waals surface area contributed by atoms with Crippen LogP contribution in [-0.2, 0) is 4.74 Å². The third-order valence-electron chi connectivity index (χ3n) is 2.57. The molecule has 1 heterocycles. The van der Waals surface area contributed by atoms with Gasteiger partial charge in [-0.1, -0.05) is 13.8 Å². The smallest absolute Gasteiger partial charge is 0.0788 e. The molecule has 1 fully saturated rings. The summed E-state index contributed by atoms with van der Waals surface area (Å²) in [6.07, 6.45) is 3.04. The van der Waals surface area contributed by atoms with E-state index in [-0.39, 0.29) is 6.10 Å². The number of ether oxygens (including phenoxy) is 1. The normalized spacial score (nSPS) is 24.2. The molecule has 0 radical (unpaired) electrons. The van der Waals surface area contributed by atoms with E-state index in [9.17, 15) is 5.11 Å². The molecule has 1 aliphatic heterocycles. The first-order valence-corrected chi connectivity index (χ1v) is 5.61. The first kappa shape index (κ1) is 13.9. The molecule has 1 N–H and O–H groups in total. The number of likely N-dealkylation sites (tertiary alicyclic amines) is 1. The highest BCUT2D eigenvalue weighted by atomic mass is 16.5. The molecule has 0 aromatic rings. The molecule has 1 aliphatic rings. The van der Waals surface area contributed by atoms with Crippen LogP contribution in [0.1, 0.15) is 33.1 Å². The molecule has 1 saturated heterocycles. The number of hydrogen-bond acceptors (Lipinski definition) is 3. The zero-order chi connectivity index (χ0) is 11.0. The molecule has 86 valence electrons. The Labute approximate surface area is 88.1 Å². The average Bonchev–Trinajstić information content (AvgIpc) is 2.56. The van der Waals surface area contributed by atoms with Crippen LogP contribution in [0.5, 0.6) is 0 Å². The summed E-state index contributed by atoms with van der Waals surface area (Å²) in [6.45, 7) is 5.63. The number of methoxy groups -OCH3 is 1. The Morgan fingerprint density at radius 1 is 1.50 bits per heavy atom. The second kappa shape index (κ2) is 8.21. The van der Waals surface area contributed by atoms with Gasteiger partial charge >= 0.3 is 0 Å². The highest BCUT2D eigenvalue weighted by Crippen LogP contribution is 2.19. The van der Waals surface area contributed by atoms with E-state index in [0.717, 1.165) is 6.42 Å². The van der Waals surface area contributed by atoms with Crippen molar-refractivity contribution in [2.45, 2.75) is 45.3 Å². The zero-order valence-electron chi connectivity index (χ0n) is 9.99. The topological polar surface area (TPSA) is 32.7 Å². The van der Waals surface area contributed by atoms with Gasteiger partial charge in [0.05, 0.1) is 12.7 Å². The van der Waals surface area contributed by atoms with Gasteiger partial charge in [0.2, 0.25) is 0 Å². The Bertz CT molecular complexity index is 130. The van der Waals surface area contributed by atoms with E-state index in [1.807, 2.05) is 13.8 Å². The second-order valence-corrected chi connectivity index (χ2v) is 3.62. The van der Waals surface area contributed by atoms with Crippen LogP contribution in [0.25, 0.3) is 0 Å². The average molecular weight is 203 g/mol. The first-order chi connectivity index (χ1) is 6.74. The van der Waals surface area contributed by atoms with Gasteiger partial charge in [-0.3, -0.25) is 0 Å². The number of rotatable bonds is 4. The maximum absolute atomic E-state index is 9.48. The SMILES string of the molecule is CC.COCC(O)CC1CCCN1C. The first-order valence-electron chi connectivity index (χ1n) is 5.61. The quantitative estimate of drug-likeness (QED) is 0.751. The van der Waals surface area contributed by atoms with Crippen molar-refractivity contribution in [3.63, 3.8) is 0 Å². The lowest BCUT2D eigenvalue weighted by atomic mass is 10.1. The van der Waals surface area contributed by atoms with Crippen molar-refractivity contribution in [1.29, 1.82) is 0 Å². The molecular weight excluding hydrogens is 178 g/mol. The Hall–Kier alpha value is -0.120. The zero-order valence-corrected chi connectivity index (χ0v) is 9.99. The fraction of sp³-hybridized carbons (Fsp3) is 1.00. The Morgan fingerprint density at radius 2 is 2.14 bits per heavy atom. The number of hydrogen-bond donors (Lipinski definition) is 1. The molecule has 2 atom stereocenters. The highest BCUT2D eigenvalue weighted by molar-refractivity contribution is 4.78. The summed E-state index contributed by atoms with van der Waals surface area (Å²) < 4.78 is 4.88. The van der Waals surface area contributed by atoms with Gasteiger partial charge in [0.25, 0.3) is 0 Å². The standard InChI is InChI=1S/C9H19NO2.C2H6/c1-10-5-3-4-8(10)6-9(11)7-12-2;1-2/h8-9,11H,3-7H2,1-2H3;1-2H3. The van der Waals surface area contributed by atoms with Crippen LogP contribution >= 0.6 is 0 Å². The molecule has 0 spiro atoms. The minimum absolute atomic E-state index is 0.291. The number of aliphatic hydroxyl groups is 1. The molecule has 3 nitrogen and oxygen atoms in total. The summed E-state index contributed by atoms with van der Waals surface area (Å²) in [5.74, 6) is 0. The van der Waals surface area contributed by atoms with Crippen LogP contribution in [0.4, 0.5) is 0 Å². The van der Waals surface area contributed by atoms with Gasteiger partial charge in [-0.15, -0.1) is 0 Å². The Kier molecular flexibility index (Phi) is 8.14. The van der Waals surface area contributed by atoms with Crippen molar-refractivity contribution in [3.8, 4) is 0 Å². The van der Waals surface area contributed by atoms with Gasteiger partial charge in [0, 0.05) is 13.2 Å². The second-order valence-electron chi connectivity index (χ2n) is 3.62. The predicted octanol–water partition coefficient (Wildman–Crippen LogP) is 1.50. The van der Waals surface area contributed by atoms with Gasteiger partial charge in [-0.25, -0.2) is 0 Å². The molecule has 0 aromatic carbocycles. The molecule has 0 saturated carbocycles. The summed E-state index contributed by atoms with van der Waals surface area (Å²) in [5.41, 5.74) is 0. The summed E-state index contributed by atoms with van der Waals surface area (Å²) in [6, 6.07) is 0.565. The third-order valence-corrected chi connectivity index (χ3v) is 2.57. The van der Waals surface area contributed by atoms with E-state index < -0.39 is 0 Å². The summed E-state index contributed by atoms with van der Waals surface area (Å²) >= 11 is 0. The molecular formula is C11H25NO2. The van der Waals surface area contributed by atoms with E-state index in [4.69, 9.17) is 4.74 Å². The minimum atomic E-state index is -0.291.